The minimum Gasteiger partial charge on any atom is -0.313 e. The average molecular weight is 373 g/mol. The number of rotatable bonds is 8. The SMILES string of the molecule is O=C(Cc1ccc(C2CC2NCC2CC2)cc1)c1ccc(-c2nn[nH]n2)cc1. The lowest BCUT2D eigenvalue weighted by Crippen LogP contribution is -2.20. The molecule has 2 aromatic carbocycles. The predicted octanol–water partition coefficient (Wildman–Crippen LogP) is 3.15. The van der Waals surface area contributed by atoms with Gasteiger partial charge in [0.15, 0.2) is 5.78 Å². The molecule has 5 rings (SSSR count). The Morgan fingerprint density at radius 2 is 1.86 bits per heavy atom. The molecule has 0 spiro atoms. The van der Waals surface area contributed by atoms with E-state index < -0.39 is 0 Å². The number of benzene rings is 2. The van der Waals surface area contributed by atoms with E-state index in [0.29, 0.717) is 29.8 Å². The monoisotopic (exact) mass is 373 g/mol. The van der Waals surface area contributed by atoms with Crippen molar-refractivity contribution in [2.75, 3.05) is 6.54 Å². The van der Waals surface area contributed by atoms with Crippen LogP contribution in [-0.2, 0) is 6.42 Å². The molecule has 2 unspecified atom stereocenters. The van der Waals surface area contributed by atoms with Crippen molar-refractivity contribution < 1.29 is 4.79 Å². The van der Waals surface area contributed by atoms with Crippen LogP contribution in [0.4, 0.5) is 0 Å². The van der Waals surface area contributed by atoms with Crippen molar-refractivity contribution in [1.29, 1.82) is 0 Å². The number of hydrogen-bond acceptors (Lipinski definition) is 5. The maximum Gasteiger partial charge on any atom is 0.204 e. The number of ketones is 1. The minimum atomic E-state index is 0.114. The lowest BCUT2D eigenvalue weighted by atomic mass is 10.00. The molecule has 1 aromatic heterocycles. The van der Waals surface area contributed by atoms with Gasteiger partial charge in [-0.05, 0) is 48.1 Å². The number of hydrogen-bond donors (Lipinski definition) is 2. The van der Waals surface area contributed by atoms with Gasteiger partial charge in [-0.3, -0.25) is 4.79 Å². The van der Waals surface area contributed by atoms with E-state index in [2.05, 4.69) is 50.2 Å². The van der Waals surface area contributed by atoms with E-state index in [9.17, 15) is 4.79 Å². The molecule has 2 saturated carbocycles. The van der Waals surface area contributed by atoms with Gasteiger partial charge in [-0.1, -0.05) is 48.5 Å². The quantitative estimate of drug-likeness (QED) is 0.593. The lowest BCUT2D eigenvalue weighted by molar-refractivity contribution is 0.0993. The van der Waals surface area contributed by atoms with Gasteiger partial charge in [0, 0.05) is 29.5 Å². The van der Waals surface area contributed by atoms with Crippen LogP contribution in [0, 0.1) is 5.92 Å². The molecule has 3 aromatic rings. The van der Waals surface area contributed by atoms with Crippen LogP contribution in [0.1, 0.15) is 46.7 Å². The molecule has 2 fully saturated rings. The molecule has 2 aliphatic carbocycles. The molecule has 0 amide bonds. The molecule has 6 nitrogen and oxygen atoms in total. The van der Waals surface area contributed by atoms with Gasteiger partial charge < -0.3 is 5.32 Å². The summed E-state index contributed by atoms with van der Waals surface area (Å²) >= 11 is 0. The summed E-state index contributed by atoms with van der Waals surface area (Å²) in [5.41, 5.74) is 3.97. The topological polar surface area (TPSA) is 83.6 Å². The Bertz CT molecular complexity index is 946. The van der Waals surface area contributed by atoms with Crippen molar-refractivity contribution in [3.8, 4) is 11.4 Å². The van der Waals surface area contributed by atoms with Crippen LogP contribution >= 0.6 is 0 Å². The number of aromatic nitrogens is 4. The number of H-pyrrole nitrogens is 1. The maximum atomic E-state index is 12.6. The zero-order chi connectivity index (χ0) is 18.9. The lowest BCUT2D eigenvalue weighted by Gasteiger charge is -2.06. The summed E-state index contributed by atoms with van der Waals surface area (Å²) in [6.45, 7) is 1.18. The highest BCUT2D eigenvalue weighted by Crippen LogP contribution is 2.41. The zero-order valence-corrected chi connectivity index (χ0v) is 15.6. The van der Waals surface area contributed by atoms with Gasteiger partial charge in [-0.25, -0.2) is 0 Å². The van der Waals surface area contributed by atoms with Gasteiger partial charge in [0.05, 0.1) is 0 Å². The zero-order valence-electron chi connectivity index (χ0n) is 15.6. The van der Waals surface area contributed by atoms with Crippen molar-refractivity contribution in [2.45, 2.75) is 37.6 Å². The second-order valence-electron chi connectivity index (χ2n) is 7.95. The Morgan fingerprint density at radius 1 is 1.07 bits per heavy atom. The van der Waals surface area contributed by atoms with Crippen LogP contribution in [0.25, 0.3) is 11.4 Å². The van der Waals surface area contributed by atoms with Gasteiger partial charge in [-0.2, -0.15) is 5.21 Å². The van der Waals surface area contributed by atoms with E-state index in [-0.39, 0.29) is 5.78 Å². The summed E-state index contributed by atoms with van der Waals surface area (Å²) in [6, 6.07) is 16.5. The second kappa shape index (κ2) is 7.28. The van der Waals surface area contributed by atoms with Gasteiger partial charge in [-0.15, -0.1) is 10.2 Å². The number of Topliss-reactive ketones (excluding diaryl/α,β-unsaturated/α-hetero) is 1. The third-order valence-corrected chi connectivity index (χ3v) is 5.74. The molecule has 1 heterocycles. The summed E-state index contributed by atoms with van der Waals surface area (Å²) in [5.74, 6) is 2.21. The predicted molar refractivity (Wildman–Crippen MR) is 106 cm³/mol. The van der Waals surface area contributed by atoms with Crippen LogP contribution in [0.2, 0.25) is 0 Å². The molecule has 0 aliphatic heterocycles. The Labute approximate surface area is 163 Å². The third-order valence-electron chi connectivity index (χ3n) is 5.74. The van der Waals surface area contributed by atoms with Gasteiger partial charge in [0.2, 0.25) is 5.82 Å². The molecule has 0 radical (unpaired) electrons. The molecular weight excluding hydrogens is 350 g/mol. The van der Waals surface area contributed by atoms with E-state index in [4.69, 9.17) is 0 Å². The number of tetrazole rings is 1. The molecule has 6 heteroatoms. The summed E-state index contributed by atoms with van der Waals surface area (Å²) in [6.07, 6.45) is 4.44. The summed E-state index contributed by atoms with van der Waals surface area (Å²) < 4.78 is 0. The molecule has 0 bridgehead atoms. The highest BCUT2D eigenvalue weighted by atomic mass is 16.1. The minimum absolute atomic E-state index is 0.114. The number of carbonyl (C=O) groups is 1. The fourth-order valence-corrected chi connectivity index (χ4v) is 3.69. The largest absolute Gasteiger partial charge is 0.313 e. The fourth-order valence-electron chi connectivity index (χ4n) is 3.69. The van der Waals surface area contributed by atoms with E-state index >= 15 is 0 Å². The standard InChI is InChI=1S/C22H23N5O/c28-21(17-7-9-18(10-8-17)22-24-26-27-25-22)11-14-3-5-16(6-4-14)19-12-20(19)23-13-15-1-2-15/h3-10,15,19-20,23H,1-2,11-13H2,(H,24,25,26,27). The first-order chi connectivity index (χ1) is 13.8. The van der Waals surface area contributed by atoms with E-state index in [1.54, 1.807) is 0 Å². The Kier molecular flexibility index (Phi) is 4.49. The van der Waals surface area contributed by atoms with Crippen LogP contribution in [-0.4, -0.2) is 39.0 Å². The maximum absolute atomic E-state index is 12.6. The number of nitrogens with zero attached hydrogens (tertiary/aromatic N) is 3. The molecule has 142 valence electrons. The van der Waals surface area contributed by atoms with Crippen LogP contribution < -0.4 is 5.32 Å². The molecule has 0 saturated heterocycles. The smallest absolute Gasteiger partial charge is 0.204 e. The van der Waals surface area contributed by atoms with E-state index in [1.165, 1.54) is 31.4 Å². The highest BCUT2D eigenvalue weighted by molar-refractivity contribution is 5.97. The van der Waals surface area contributed by atoms with Crippen molar-refractivity contribution >= 4 is 5.78 Å². The van der Waals surface area contributed by atoms with Gasteiger partial charge in [0.25, 0.3) is 0 Å². The second-order valence-corrected chi connectivity index (χ2v) is 7.95. The van der Waals surface area contributed by atoms with Gasteiger partial charge in [0.1, 0.15) is 0 Å². The van der Waals surface area contributed by atoms with Crippen LogP contribution in [0.15, 0.2) is 48.5 Å². The molecular formula is C22H23N5O. The van der Waals surface area contributed by atoms with Crippen molar-refractivity contribution in [1.82, 2.24) is 25.9 Å². The fraction of sp³-hybridized carbons (Fsp3) is 0.364. The summed E-state index contributed by atoms with van der Waals surface area (Å²) in [4.78, 5) is 12.6. The van der Waals surface area contributed by atoms with Crippen molar-refractivity contribution in [2.24, 2.45) is 5.92 Å². The van der Waals surface area contributed by atoms with Crippen molar-refractivity contribution in [3.63, 3.8) is 0 Å². The third kappa shape index (κ3) is 3.87. The first-order valence-corrected chi connectivity index (χ1v) is 9.95. The first kappa shape index (κ1) is 17.3. The number of aromatic amines is 1. The number of nitrogens with one attached hydrogen (secondary N) is 2. The first-order valence-electron chi connectivity index (χ1n) is 9.95. The molecule has 28 heavy (non-hydrogen) atoms. The van der Waals surface area contributed by atoms with Gasteiger partial charge >= 0.3 is 0 Å². The summed E-state index contributed by atoms with van der Waals surface area (Å²) in [5, 5.41) is 17.6. The molecule has 2 N–H and O–H groups in total. The average Bonchev–Trinajstić information content (AvgIpc) is 3.64. The van der Waals surface area contributed by atoms with Crippen molar-refractivity contribution in [3.05, 3.63) is 65.2 Å². The Balaban J connectivity index is 1.17. The molecule has 2 atom stereocenters. The van der Waals surface area contributed by atoms with Crippen LogP contribution in [0.5, 0.6) is 0 Å². The normalized spacial score (nSPS) is 20.9. The van der Waals surface area contributed by atoms with E-state index in [0.717, 1.165) is 17.0 Å². The Hall–Kier alpha value is -2.86. The molecule has 2 aliphatic rings. The summed E-state index contributed by atoms with van der Waals surface area (Å²) in [7, 11) is 0. The van der Waals surface area contributed by atoms with E-state index in [1.807, 2.05) is 24.3 Å². The van der Waals surface area contributed by atoms with Crippen LogP contribution in [0.3, 0.4) is 0 Å². The highest BCUT2D eigenvalue weighted by Gasteiger charge is 2.38. The number of carbonyl (C=O) groups excluding carboxylic acids is 1. The Morgan fingerprint density at radius 3 is 2.54 bits per heavy atom.